The zero-order chi connectivity index (χ0) is 15.2. The first-order valence-electron chi connectivity index (χ1n) is 6.14. The van der Waals surface area contributed by atoms with Crippen molar-refractivity contribution in [2.75, 3.05) is 11.1 Å². The van der Waals surface area contributed by atoms with Gasteiger partial charge in [-0.15, -0.1) is 10.2 Å². The van der Waals surface area contributed by atoms with Gasteiger partial charge >= 0.3 is 0 Å². The van der Waals surface area contributed by atoms with Crippen molar-refractivity contribution in [3.63, 3.8) is 0 Å². The van der Waals surface area contributed by atoms with Crippen LogP contribution >= 0.6 is 46.5 Å². The third-order valence-electron chi connectivity index (χ3n) is 2.28. The van der Waals surface area contributed by atoms with Gasteiger partial charge in [-0.05, 0) is 24.8 Å². The van der Waals surface area contributed by atoms with Crippen molar-refractivity contribution in [2.45, 2.75) is 27.8 Å². The molecule has 1 atom stereocenters. The number of thioether (sulfide) groups is 2. The van der Waals surface area contributed by atoms with E-state index < -0.39 is 0 Å². The second kappa shape index (κ2) is 7.98. The number of hydrogen-bond donors (Lipinski definition) is 1. The van der Waals surface area contributed by atoms with Crippen LogP contribution in [0.4, 0.5) is 5.82 Å². The van der Waals surface area contributed by atoms with Gasteiger partial charge in [0, 0.05) is 6.20 Å². The highest BCUT2D eigenvalue weighted by Gasteiger charge is 2.17. The van der Waals surface area contributed by atoms with Crippen molar-refractivity contribution in [1.29, 1.82) is 0 Å². The molecule has 0 unspecified atom stereocenters. The molecule has 0 saturated heterocycles. The Hall–Kier alpha value is -0.830. The summed E-state index contributed by atoms with van der Waals surface area (Å²) in [6.45, 7) is 3.89. The Morgan fingerprint density at radius 3 is 2.86 bits per heavy atom. The number of carbonyl (C=O) groups excluding carboxylic acids is 1. The molecule has 9 heteroatoms. The van der Waals surface area contributed by atoms with Crippen LogP contribution in [0.1, 0.15) is 13.8 Å². The zero-order valence-electron chi connectivity index (χ0n) is 11.4. The highest BCUT2D eigenvalue weighted by molar-refractivity contribution is 8.03. The van der Waals surface area contributed by atoms with Crippen LogP contribution in [0.5, 0.6) is 0 Å². The third-order valence-corrected chi connectivity index (χ3v) is 5.63. The molecule has 2 heterocycles. The van der Waals surface area contributed by atoms with E-state index in [4.69, 9.17) is 11.6 Å². The minimum absolute atomic E-state index is 0.130. The van der Waals surface area contributed by atoms with Crippen molar-refractivity contribution in [3.05, 3.63) is 23.4 Å². The zero-order valence-corrected chi connectivity index (χ0v) is 14.6. The molecule has 0 fully saturated rings. The van der Waals surface area contributed by atoms with Crippen LogP contribution in [0.2, 0.25) is 5.02 Å². The minimum atomic E-state index is -0.282. The van der Waals surface area contributed by atoms with Gasteiger partial charge in [0.05, 0.1) is 10.3 Å². The summed E-state index contributed by atoms with van der Waals surface area (Å²) in [7, 11) is 0. The van der Waals surface area contributed by atoms with Crippen LogP contribution in [0.3, 0.4) is 0 Å². The fourth-order valence-corrected chi connectivity index (χ4v) is 4.48. The Kier molecular flexibility index (Phi) is 6.28. The summed E-state index contributed by atoms with van der Waals surface area (Å²) in [5.74, 6) is 1.31. The fraction of sp³-hybridized carbons (Fsp3) is 0.333. The molecule has 112 valence electrons. The maximum Gasteiger partial charge on any atom is 0.238 e. The monoisotopic (exact) mass is 360 g/mol. The topological polar surface area (TPSA) is 67.8 Å². The Balaban J connectivity index is 1.90. The lowest BCUT2D eigenvalue weighted by Crippen LogP contribution is -2.22. The summed E-state index contributed by atoms with van der Waals surface area (Å²) >= 11 is 10.3. The van der Waals surface area contributed by atoms with Gasteiger partial charge in [0.25, 0.3) is 0 Å². The first-order chi connectivity index (χ1) is 10.1. The molecular formula is C12H13ClN4OS3. The molecule has 0 aliphatic carbocycles. The van der Waals surface area contributed by atoms with Crippen LogP contribution in [0.25, 0.3) is 0 Å². The molecule has 21 heavy (non-hydrogen) atoms. The van der Waals surface area contributed by atoms with E-state index in [9.17, 15) is 4.79 Å². The van der Waals surface area contributed by atoms with Gasteiger partial charge in [0.2, 0.25) is 5.91 Å². The van der Waals surface area contributed by atoms with Gasteiger partial charge in [0.1, 0.15) is 5.82 Å². The van der Waals surface area contributed by atoms with E-state index in [1.807, 2.05) is 6.92 Å². The fourth-order valence-electron chi connectivity index (χ4n) is 1.31. The normalized spacial score (nSPS) is 12.1. The summed E-state index contributed by atoms with van der Waals surface area (Å²) in [6.07, 6.45) is 1.49. The van der Waals surface area contributed by atoms with Crippen molar-refractivity contribution >= 4 is 58.2 Å². The average molecular weight is 361 g/mol. The Bertz CT molecular complexity index is 605. The molecule has 0 spiro atoms. The predicted octanol–water partition coefficient (Wildman–Crippen LogP) is 3.82. The lowest BCUT2D eigenvalue weighted by molar-refractivity contribution is -0.115. The van der Waals surface area contributed by atoms with Gasteiger partial charge < -0.3 is 5.32 Å². The van der Waals surface area contributed by atoms with E-state index >= 15 is 0 Å². The number of hydrogen-bond acceptors (Lipinski definition) is 7. The number of rotatable bonds is 6. The van der Waals surface area contributed by atoms with E-state index in [0.29, 0.717) is 10.8 Å². The Morgan fingerprint density at radius 2 is 2.19 bits per heavy atom. The van der Waals surface area contributed by atoms with E-state index in [1.54, 1.807) is 23.9 Å². The standard InChI is InChI=1S/C12H13ClN4OS3/c1-3-19-11-16-17-12(21-11)20-7(2)10(18)15-9-5-4-8(13)6-14-9/h4-7H,3H2,1-2H3,(H,14,15,18)/t7-/m0/s1. The number of amides is 1. The molecule has 0 aliphatic rings. The summed E-state index contributed by atoms with van der Waals surface area (Å²) < 4.78 is 1.71. The molecule has 0 aromatic carbocycles. The van der Waals surface area contributed by atoms with Gasteiger partial charge in [-0.25, -0.2) is 4.98 Å². The second-order valence-corrected chi connectivity index (χ2v) is 8.39. The molecule has 0 aliphatic heterocycles. The highest BCUT2D eigenvalue weighted by Crippen LogP contribution is 2.31. The van der Waals surface area contributed by atoms with Crippen LogP contribution < -0.4 is 5.32 Å². The van der Waals surface area contributed by atoms with Gasteiger partial charge in [0.15, 0.2) is 8.68 Å². The first-order valence-corrected chi connectivity index (χ1v) is 9.20. The maximum absolute atomic E-state index is 12.1. The summed E-state index contributed by atoms with van der Waals surface area (Å²) in [5.41, 5.74) is 0. The molecule has 2 aromatic heterocycles. The largest absolute Gasteiger partial charge is 0.310 e. The minimum Gasteiger partial charge on any atom is -0.310 e. The molecule has 0 saturated carbocycles. The number of aromatic nitrogens is 3. The molecule has 2 rings (SSSR count). The SMILES string of the molecule is CCSc1nnc(S[C@@H](C)C(=O)Nc2ccc(Cl)cn2)s1. The lowest BCUT2D eigenvalue weighted by atomic mass is 10.4. The van der Waals surface area contributed by atoms with E-state index in [1.165, 1.54) is 29.3 Å². The van der Waals surface area contributed by atoms with Crippen LogP contribution in [-0.2, 0) is 4.79 Å². The maximum atomic E-state index is 12.1. The van der Waals surface area contributed by atoms with Crippen LogP contribution in [-0.4, -0.2) is 32.1 Å². The van der Waals surface area contributed by atoms with Gasteiger partial charge in [-0.3, -0.25) is 4.79 Å². The number of carbonyl (C=O) groups is 1. The average Bonchev–Trinajstić information content (AvgIpc) is 2.89. The molecule has 2 aromatic rings. The van der Waals surface area contributed by atoms with Crippen molar-refractivity contribution in [1.82, 2.24) is 15.2 Å². The lowest BCUT2D eigenvalue weighted by Gasteiger charge is -2.09. The highest BCUT2D eigenvalue weighted by atomic mass is 35.5. The summed E-state index contributed by atoms with van der Waals surface area (Å²) in [6, 6.07) is 3.35. The molecule has 0 radical (unpaired) electrons. The van der Waals surface area contributed by atoms with Crippen molar-refractivity contribution in [2.24, 2.45) is 0 Å². The predicted molar refractivity (Wildman–Crippen MR) is 89.5 cm³/mol. The van der Waals surface area contributed by atoms with Crippen molar-refractivity contribution in [3.8, 4) is 0 Å². The summed E-state index contributed by atoms with van der Waals surface area (Å²) in [4.78, 5) is 16.1. The van der Waals surface area contributed by atoms with Gasteiger partial charge in [-0.2, -0.15) is 0 Å². The quantitative estimate of drug-likeness (QED) is 0.790. The molecule has 5 nitrogen and oxygen atoms in total. The molecule has 0 bridgehead atoms. The smallest absolute Gasteiger partial charge is 0.238 e. The number of halogens is 1. The van der Waals surface area contributed by atoms with Crippen LogP contribution in [0, 0.1) is 0 Å². The number of anilines is 1. The Morgan fingerprint density at radius 1 is 1.43 bits per heavy atom. The van der Waals surface area contributed by atoms with E-state index in [-0.39, 0.29) is 11.2 Å². The number of pyridine rings is 1. The first kappa shape index (κ1) is 16.5. The number of nitrogens with zero attached hydrogens (tertiary/aromatic N) is 3. The molecular weight excluding hydrogens is 348 g/mol. The van der Waals surface area contributed by atoms with Gasteiger partial charge in [-0.1, -0.05) is 53.4 Å². The Labute approximate surface area is 140 Å². The molecule has 1 N–H and O–H groups in total. The van der Waals surface area contributed by atoms with Crippen LogP contribution in [0.15, 0.2) is 27.0 Å². The van der Waals surface area contributed by atoms with E-state index in [2.05, 4.69) is 27.4 Å². The van der Waals surface area contributed by atoms with Crippen molar-refractivity contribution < 1.29 is 4.79 Å². The van der Waals surface area contributed by atoms with E-state index in [0.717, 1.165) is 14.4 Å². The molecule has 1 amide bonds. The summed E-state index contributed by atoms with van der Waals surface area (Å²) in [5, 5.41) is 11.1. The second-order valence-electron chi connectivity index (χ2n) is 3.88. The third kappa shape index (κ3) is 5.14. The number of nitrogens with one attached hydrogen (secondary N) is 1.